The third kappa shape index (κ3) is 4.35. The van der Waals surface area contributed by atoms with Gasteiger partial charge >= 0.3 is 0 Å². The lowest BCUT2D eigenvalue weighted by Crippen LogP contribution is -2.38. The summed E-state index contributed by atoms with van der Waals surface area (Å²) in [7, 11) is 0. The van der Waals surface area contributed by atoms with Gasteiger partial charge in [-0.25, -0.2) is 0 Å². The van der Waals surface area contributed by atoms with Gasteiger partial charge < -0.3 is 4.74 Å². The molecular weight excluding hydrogens is 238 g/mol. The van der Waals surface area contributed by atoms with Crippen LogP contribution in [0.15, 0.2) is 24.3 Å². The van der Waals surface area contributed by atoms with Crippen LogP contribution in [0, 0.1) is 0 Å². The molecule has 0 aliphatic heterocycles. The van der Waals surface area contributed by atoms with Crippen LogP contribution in [-0.2, 0) is 0 Å². The fourth-order valence-electron chi connectivity index (χ4n) is 2.13. The zero-order chi connectivity index (χ0) is 14.3. The summed E-state index contributed by atoms with van der Waals surface area (Å²) in [6, 6.07) is 7.45. The van der Waals surface area contributed by atoms with E-state index in [4.69, 9.17) is 4.74 Å². The zero-order valence-corrected chi connectivity index (χ0v) is 12.5. The van der Waals surface area contributed by atoms with Gasteiger partial charge in [-0.15, -0.1) is 0 Å². The molecule has 1 rings (SSSR count). The summed E-state index contributed by atoms with van der Waals surface area (Å²) in [5, 5.41) is 0. The molecule has 3 nitrogen and oxygen atoms in total. The molecule has 0 bridgehead atoms. The summed E-state index contributed by atoms with van der Waals surface area (Å²) in [5.74, 6) is 0.994. The van der Waals surface area contributed by atoms with Crippen molar-refractivity contribution in [3.05, 3.63) is 29.8 Å². The van der Waals surface area contributed by atoms with Gasteiger partial charge in [-0.2, -0.15) is 0 Å². The smallest absolute Gasteiger partial charge is 0.162 e. The minimum Gasteiger partial charge on any atom is -0.475 e. The number of carbonyl (C=O) groups excluding carboxylic acids is 1. The largest absolute Gasteiger partial charge is 0.475 e. The Morgan fingerprint density at radius 3 is 2.11 bits per heavy atom. The molecular formula is C16H25NO2. The van der Waals surface area contributed by atoms with Gasteiger partial charge in [-0.3, -0.25) is 9.69 Å². The Bertz CT molecular complexity index is 382. The second-order valence-electron chi connectivity index (χ2n) is 4.50. The number of hydrogen-bond donors (Lipinski definition) is 0. The molecule has 0 heterocycles. The highest BCUT2D eigenvalue weighted by molar-refractivity contribution is 5.95. The van der Waals surface area contributed by atoms with Crippen LogP contribution < -0.4 is 4.74 Å². The summed E-state index contributed by atoms with van der Waals surface area (Å²) in [5.41, 5.74) is 0.755. The van der Waals surface area contributed by atoms with Gasteiger partial charge in [0.1, 0.15) is 5.75 Å². The zero-order valence-electron chi connectivity index (χ0n) is 12.5. The van der Waals surface area contributed by atoms with Crippen LogP contribution in [0.2, 0.25) is 0 Å². The molecule has 3 heteroatoms. The first-order valence-corrected chi connectivity index (χ1v) is 7.20. The van der Waals surface area contributed by atoms with E-state index in [1.165, 1.54) is 0 Å². The monoisotopic (exact) mass is 263 g/mol. The van der Waals surface area contributed by atoms with Crippen molar-refractivity contribution in [2.24, 2.45) is 0 Å². The minimum atomic E-state index is 0.0997. The molecule has 0 aliphatic rings. The molecule has 0 aliphatic carbocycles. The van der Waals surface area contributed by atoms with E-state index in [-0.39, 0.29) is 12.0 Å². The van der Waals surface area contributed by atoms with E-state index in [0.29, 0.717) is 6.42 Å². The number of ether oxygens (including phenoxy) is 1. The van der Waals surface area contributed by atoms with Crippen LogP contribution in [0.4, 0.5) is 0 Å². The molecule has 0 aromatic heterocycles. The highest BCUT2D eigenvalue weighted by Gasteiger charge is 2.15. The van der Waals surface area contributed by atoms with Gasteiger partial charge in [0.15, 0.2) is 12.0 Å². The summed E-state index contributed by atoms with van der Waals surface area (Å²) >= 11 is 0. The summed E-state index contributed by atoms with van der Waals surface area (Å²) < 4.78 is 5.99. The normalized spacial score (nSPS) is 12.5. The van der Waals surface area contributed by atoms with E-state index in [9.17, 15) is 4.79 Å². The molecule has 106 valence electrons. The number of ketones is 1. The molecule has 19 heavy (non-hydrogen) atoms. The van der Waals surface area contributed by atoms with E-state index in [1.54, 1.807) is 0 Å². The average molecular weight is 263 g/mol. The highest BCUT2D eigenvalue weighted by Crippen LogP contribution is 2.17. The van der Waals surface area contributed by atoms with Crippen molar-refractivity contribution < 1.29 is 9.53 Å². The molecule has 0 saturated heterocycles. The van der Waals surface area contributed by atoms with E-state index in [0.717, 1.165) is 30.8 Å². The van der Waals surface area contributed by atoms with E-state index in [2.05, 4.69) is 25.7 Å². The maximum absolute atomic E-state index is 11.6. The standard InChI is InChI=1S/C16H25NO2/c1-5-15(18)13-9-11-14(12-10-13)19-16(6-2)17(7-3)8-4/h9-12,16H,5-8H2,1-4H3. The van der Waals surface area contributed by atoms with Crippen LogP contribution in [0.25, 0.3) is 0 Å². The van der Waals surface area contributed by atoms with Gasteiger partial charge in [0.25, 0.3) is 0 Å². The number of benzene rings is 1. The molecule has 0 amide bonds. The minimum absolute atomic E-state index is 0.0997. The first-order valence-electron chi connectivity index (χ1n) is 7.20. The molecule has 0 spiro atoms. The van der Waals surface area contributed by atoms with Crippen molar-refractivity contribution in [1.29, 1.82) is 0 Å². The molecule has 1 aromatic rings. The van der Waals surface area contributed by atoms with Crippen molar-refractivity contribution in [3.8, 4) is 5.75 Å². The third-order valence-electron chi connectivity index (χ3n) is 3.34. The third-order valence-corrected chi connectivity index (χ3v) is 3.34. The second-order valence-corrected chi connectivity index (χ2v) is 4.50. The van der Waals surface area contributed by atoms with Crippen LogP contribution in [0.1, 0.15) is 50.9 Å². The van der Waals surface area contributed by atoms with Crippen LogP contribution in [0.3, 0.4) is 0 Å². The second kappa shape index (κ2) is 7.95. The van der Waals surface area contributed by atoms with Gasteiger partial charge in [-0.05, 0) is 43.8 Å². The van der Waals surface area contributed by atoms with E-state index < -0.39 is 0 Å². The van der Waals surface area contributed by atoms with E-state index >= 15 is 0 Å². The van der Waals surface area contributed by atoms with Crippen LogP contribution in [0.5, 0.6) is 5.75 Å². The Morgan fingerprint density at radius 2 is 1.68 bits per heavy atom. The summed E-state index contributed by atoms with van der Waals surface area (Å²) in [6.45, 7) is 10.2. The van der Waals surface area contributed by atoms with Crippen molar-refractivity contribution in [2.75, 3.05) is 13.1 Å². The Labute approximate surface area is 116 Å². The van der Waals surface area contributed by atoms with Crippen molar-refractivity contribution in [2.45, 2.75) is 46.8 Å². The van der Waals surface area contributed by atoms with E-state index in [1.807, 2.05) is 31.2 Å². The molecule has 0 N–H and O–H groups in total. The molecule has 1 aromatic carbocycles. The van der Waals surface area contributed by atoms with Gasteiger partial charge in [-0.1, -0.05) is 27.7 Å². The van der Waals surface area contributed by atoms with Crippen LogP contribution >= 0.6 is 0 Å². The maximum Gasteiger partial charge on any atom is 0.162 e. The quantitative estimate of drug-likeness (QED) is 0.528. The highest BCUT2D eigenvalue weighted by atomic mass is 16.5. The number of nitrogens with zero attached hydrogens (tertiary/aromatic N) is 1. The number of carbonyl (C=O) groups is 1. The Balaban J connectivity index is 2.73. The van der Waals surface area contributed by atoms with Crippen LogP contribution in [-0.4, -0.2) is 30.0 Å². The van der Waals surface area contributed by atoms with Crippen molar-refractivity contribution in [3.63, 3.8) is 0 Å². The molecule has 1 atom stereocenters. The first kappa shape index (κ1) is 15.7. The van der Waals surface area contributed by atoms with Crippen molar-refractivity contribution >= 4 is 5.78 Å². The fourth-order valence-corrected chi connectivity index (χ4v) is 2.13. The molecule has 1 unspecified atom stereocenters. The predicted octanol–water partition coefficient (Wildman–Crippen LogP) is 3.74. The first-order chi connectivity index (χ1) is 9.15. The molecule has 0 saturated carbocycles. The summed E-state index contributed by atoms with van der Waals surface area (Å²) in [6.07, 6.45) is 1.58. The maximum atomic E-state index is 11.6. The number of Topliss-reactive ketones (excluding diaryl/α,β-unsaturated/α-hetero) is 1. The average Bonchev–Trinajstić information content (AvgIpc) is 2.47. The van der Waals surface area contributed by atoms with Gasteiger partial charge in [0.05, 0.1) is 0 Å². The van der Waals surface area contributed by atoms with Gasteiger partial charge in [0.2, 0.25) is 0 Å². The lowest BCUT2D eigenvalue weighted by molar-refractivity contribution is 0.0298. The van der Waals surface area contributed by atoms with Crippen molar-refractivity contribution in [1.82, 2.24) is 4.90 Å². The predicted molar refractivity (Wildman–Crippen MR) is 78.7 cm³/mol. The SMILES string of the molecule is CCC(=O)c1ccc(OC(CC)N(CC)CC)cc1. The lowest BCUT2D eigenvalue weighted by atomic mass is 10.1. The van der Waals surface area contributed by atoms with Gasteiger partial charge in [0, 0.05) is 12.0 Å². The lowest BCUT2D eigenvalue weighted by Gasteiger charge is -2.29. The Hall–Kier alpha value is -1.35. The Kier molecular flexibility index (Phi) is 6.57. The molecule has 0 radical (unpaired) electrons. The fraction of sp³-hybridized carbons (Fsp3) is 0.562. The topological polar surface area (TPSA) is 29.5 Å². The Morgan fingerprint density at radius 1 is 1.11 bits per heavy atom. The molecule has 0 fully saturated rings. The number of rotatable bonds is 8. The number of hydrogen-bond acceptors (Lipinski definition) is 3. The summed E-state index contributed by atoms with van der Waals surface area (Å²) in [4.78, 5) is 13.8.